The van der Waals surface area contributed by atoms with Crippen molar-refractivity contribution in [3.8, 4) is 0 Å². The van der Waals surface area contributed by atoms with Gasteiger partial charge < -0.3 is 21.5 Å². The molecule has 0 saturated carbocycles. The second-order valence-corrected chi connectivity index (χ2v) is 4.53. The Balaban J connectivity index is 2.46. The molecule has 0 fully saturated rings. The molecule has 0 saturated heterocycles. The van der Waals surface area contributed by atoms with Gasteiger partial charge in [-0.2, -0.15) is 0 Å². The SMILES string of the molecule is CC(C)c1ccc(NC(=O)NCC(O)C(N)=O)cc1. The third-order valence-corrected chi connectivity index (χ3v) is 2.62. The van der Waals surface area contributed by atoms with Crippen molar-refractivity contribution in [2.45, 2.75) is 25.9 Å². The fourth-order valence-corrected chi connectivity index (χ4v) is 1.42. The van der Waals surface area contributed by atoms with E-state index in [2.05, 4.69) is 24.5 Å². The highest BCUT2D eigenvalue weighted by atomic mass is 16.3. The minimum atomic E-state index is -1.38. The number of nitrogens with two attached hydrogens (primary N) is 1. The first-order chi connectivity index (χ1) is 8.90. The van der Waals surface area contributed by atoms with Gasteiger partial charge in [0.1, 0.15) is 6.10 Å². The quantitative estimate of drug-likeness (QED) is 0.632. The Morgan fingerprint density at radius 2 is 1.84 bits per heavy atom. The molecule has 0 bridgehead atoms. The number of hydrogen-bond acceptors (Lipinski definition) is 3. The fourth-order valence-electron chi connectivity index (χ4n) is 1.42. The molecule has 6 heteroatoms. The lowest BCUT2D eigenvalue weighted by Crippen LogP contribution is -2.41. The number of nitrogens with one attached hydrogen (secondary N) is 2. The van der Waals surface area contributed by atoms with Gasteiger partial charge in [0.05, 0.1) is 6.54 Å². The number of urea groups is 1. The second-order valence-electron chi connectivity index (χ2n) is 4.53. The van der Waals surface area contributed by atoms with Crippen LogP contribution in [0.15, 0.2) is 24.3 Å². The molecule has 0 aliphatic rings. The average molecular weight is 265 g/mol. The van der Waals surface area contributed by atoms with Crippen LogP contribution in [0, 0.1) is 0 Å². The number of carbonyl (C=O) groups is 2. The number of amides is 3. The molecule has 0 aliphatic carbocycles. The van der Waals surface area contributed by atoms with Gasteiger partial charge in [-0.3, -0.25) is 4.79 Å². The highest BCUT2D eigenvalue weighted by Crippen LogP contribution is 2.16. The predicted molar refractivity (Wildman–Crippen MR) is 72.8 cm³/mol. The van der Waals surface area contributed by atoms with E-state index in [0.717, 1.165) is 0 Å². The van der Waals surface area contributed by atoms with E-state index >= 15 is 0 Å². The first kappa shape index (κ1) is 15.0. The number of carbonyl (C=O) groups excluding carboxylic acids is 2. The van der Waals surface area contributed by atoms with Gasteiger partial charge in [-0.15, -0.1) is 0 Å². The van der Waals surface area contributed by atoms with Gasteiger partial charge >= 0.3 is 6.03 Å². The molecule has 5 N–H and O–H groups in total. The summed E-state index contributed by atoms with van der Waals surface area (Å²) in [5, 5.41) is 14.1. The van der Waals surface area contributed by atoms with Crippen molar-refractivity contribution in [1.82, 2.24) is 5.32 Å². The largest absolute Gasteiger partial charge is 0.381 e. The molecule has 1 unspecified atom stereocenters. The van der Waals surface area contributed by atoms with Gasteiger partial charge in [0.2, 0.25) is 5.91 Å². The molecule has 3 amide bonds. The van der Waals surface area contributed by atoms with Crippen LogP contribution in [0.4, 0.5) is 10.5 Å². The Bertz CT molecular complexity index is 443. The van der Waals surface area contributed by atoms with Gasteiger partial charge in [-0.1, -0.05) is 26.0 Å². The molecule has 0 aliphatic heterocycles. The van der Waals surface area contributed by atoms with E-state index in [1.54, 1.807) is 12.1 Å². The van der Waals surface area contributed by atoms with Crippen LogP contribution in [-0.2, 0) is 4.79 Å². The summed E-state index contributed by atoms with van der Waals surface area (Å²) >= 11 is 0. The number of rotatable bonds is 5. The van der Waals surface area contributed by atoms with Crippen molar-refractivity contribution < 1.29 is 14.7 Å². The number of hydrogen-bond donors (Lipinski definition) is 4. The summed E-state index contributed by atoms with van der Waals surface area (Å²) in [6, 6.07) is 6.94. The molecule has 1 aromatic rings. The van der Waals surface area contributed by atoms with Crippen LogP contribution < -0.4 is 16.4 Å². The van der Waals surface area contributed by atoms with E-state index in [9.17, 15) is 9.59 Å². The number of aliphatic hydroxyl groups excluding tert-OH is 1. The minimum Gasteiger partial charge on any atom is -0.381 e. The van der Waals surface area contributed by atoms with E-state index in [-0.39, 0.29) is 6.54 Å². The molecular formula is C13H19N3O3. The Morgan fingerprint density at radius 1 is 1.26 bits per heavy atom. The van der Waals surface area contributed by atoms with Crippen molar-refractivity contribution in [3.63, 3.8) is 0 Å². The van der Waals surface area contributed by atoms with Crippen molar-refractivity contribution in [1.29, 1.82) is 0 Å². The van der Waals surface area contributed by atoms with Crippen LogP contribution in [0.3, 0.4) is 0 Å². The maximum absolute atomic E-state index is 11.5. The average Bonchev–Trinajstić information content (AvgIpc) is 2.36. The summed E-state index contributed by atoms with van der Waals surface area (Å²) in [7, 11) is 0. The highest BCUT2D eigenvalue weighted by Gasteiger charge is 2.12. The van der Waals surface area contributed by atoms with E-state index in [1.807, 2.05) is 12.1 Å². The van der Waals surface area contributed by atoms with Crippen LogP contribution in [0.5, 0.6) is 0 Å². The van der Waals surface area contributed by atoms with Gasteiger partial charge in [-0.05, 0) is 23.6 Å². The summed E-state index contributed by atoms with van der Waals surface area (Å²) in [6.45, 7) is 3.95. The standard InChI is InChI=1S/C13H19N3O3/c1-8(2)9-3-5-10(6-4-9)16-13(19)15-7-11(17)12(14)18/h3-6,8,11,17H,7H2,1-2H3,(H2,14,18)(H2,15,16,19). The Kier molecular flexibility index (Phi) is 5.32. The number of primary amides is 1. The van der Waals surface area contributed by atoms with Gasteiger partial charge in [0, 0.05) is 5.69 Å². The molecule has 0 radical (unpaired) electrons. The highest BCUT2D eigenvalue weighted by molar-refractivity contribution is 5.89. The Labute approximate surface area is 112 Å². The summed E-state index contributed by atoms with van der Waals surface area (Å²) in [6.07, 6.45) is -1.38. The third kappa shape index (κ3) is 4.97. The summed E-state index contributed by atoms with van der Waals surface area (Å²) in [5.41, 5.74) is 6.67. The van der Waals surface area contributed by atoms with Crippen LogP contribution in [0.2, 0.25) is 0 Å². The normalized spacial score (nSPS) is 12.0. The first-order valence-corrected chi connectivity index (χ1v) is 6.02. The Hall–Kier alpha value is -2.08. The van der Waals surface area contributed by atoms with E-state index in [4.69, 9.17) is 10.8 Å². The van der Waals surface area contributed by atoms with Crippen LogP contribution in [0.25, 0.3) is 0 Å². The molecule has 1 atom stereocenters. The van der Waals surface area contributed by atoms with E-state index in [1.165, 1.54) is 5.56 Å². The van der Waals surface area contributed by atoms with Crippen molar-refractivity contribution in [2.24, 2.45) is 5.73 Å². The zero-order chi connectivity index (χ0) is 14.4. The minimum absolute atomic E-state index is 0.217. The molecule has 6 nitrogen and oxygen atoms in total. The summed E-state index contributed by atoms with van der Waals surface area (Å²) in [4.78, 5) is 22.0. The maximum Gasteiger partial charge on any atom is 0.319 e. The van der Waals surface area contributed by atoms with Crippen molar-refractivity contribution >= 4 is 17.6 Å². The number of aliphatic hydroxyl groups is 1. The van der Waals surface area contributed by atoms with E-state index < -0.39 is 18.0 Å². The van der Waals surface area contributed by atoms with Crippen LogP contribution in [0.1, 0.15) is 25.3 Å². The van der Waals surface area contributed by atoms with E-state index in [0.29, 0.717) is 11.6 Å². The molecule has 1 rings (SSSR count). The molecule has 19 heavy (non-hydrogen) atoms. The van der Waals surface area contributed by atoms with Gasteiger partial charge in [0.25, 0.3) is 0 Å². The zero-order valence-corrected chi connectivity index (χ0v) is 11.0. The lowest BCUT2D eigenvalue weighted by atomic mass is 10.0. The van der Waals surface area contributed by atoms with Crippen molar-refractivity contribution in [2.75, 3.05) is 11.9 Å². The molecule has 0 spiro atoms. The van der Waals surface area contributed by atoms with Crippen LogP contribution >= 0.6 is 0 Å². The molecule has 0 heterocycles. The smallest absolute Gasteiger partial charge is 0.319 e. The number of anilines is 1. The summed E-state index contributed by atoms with van der Waals surface area (Å²) < 4.78 is 0. The second kappa shape index (κ2) is 6.75. The van der Waals surface area contributed by atoms with Gasteiger partial charge in [0.15, 0.2) is 0 Å². The zero-order valence-electron chi connectivity index (χ0n) is 11.0. The van der Waals surface area contributed by atoms with Crippen LogP contribution in [-0.4, -0.2) is 29.7 Å². The van der Waals surface area contributed by atoms with Crippen molar-refractivity contribution in [3.05, 3.63) is 29.8 Å². The lowest BCUT2D eigenvalue weighted by molar-refractivity contribution is -0.125. The first-order valence-electron chi connectivity index (χ1n) is 6.02. The molecule has 0 aromatic heterocycles. The predicted octanol–water partition coefficient (Wildman–Crippen LogP) is 0.778. The lowest BCUT2D eigenvalue weighted by Gasteiger charge is -2.11. The third-order valence-electron chi connectivity index (χ3n) is 2.62. The maximum atomic E-state index is 11.5. The Morgan fingerprint density at radius 3 is 2.32 bits per heavy atom. The molecule has 104 valence electrons. The topological polar surface area (TPSA) is 104 Å². The summed E-state index contributed by atoms with van der Waals surface area (Å²) in [5.74, 6) is -0.449. The monoisotopic (exact) mass is 265 g/mol. The van der Waals surface area contributed by atoms with Gasteiger partial charge in [-0.25, -0.2) is 4.79 Å². The fraction of sp³-hybridized carbons (Fsp3) is 0.385. The molecule has 1 aromatic carbocycles. The molecular weight excluding hydrogens is 246 g/mol. The number of benzene rings is 1.